The number of fused-ring (bicyclic) bond motifs is 1. The second kappa shape index (κ2) is 8.34. The average molecular weight is 424 g/mol. The van der Waals surface area contributed by atoms with Crippen molar-refractivity contribution in [2.24, 2.45) is 0 Å². The Hall–Kier alpha value is -3.87. The zero-order chi connectivity index (χ0) is 22.1. The van der Waals surface area contributed by atoms with E-state index < -0.39 is 0 Å². The molecule has 32 heavy (non-hydrogen) atoms. The van der Waals surface area contributed by atoms with Crippen LogP contribution in [0.5, 0.6) is 0 Å². The number of aromatic amines is 1. The first-order chi connectivity index (χ1) is 15.7. The van der Waals surface area contributed by atoms with E-state index in [1.165, 1.54) is 0 Å². The number of unbranched alkanes of at least 4 members (excludes halogenated alkanes) is 1. The Balaban J connectivity index is 1.61. The highest BCUT2D eigenvalue weighted by Crippen LogP contribution is 2.31. The monoisotopic (exact) mass is 423 g/mol. The van der Waals surface area contributed by atoms with Crippen LogP contribution in [0.1, 0.15) is 36.8 Å². The van der Waals surface area contributed by atoms with Crippen molar-refractivity contribution in [1.82, 2.24) is 35.2 Å². The molecule has 3 heterocycles. The minimum Gasteiger partial charge on any atom is -0.281 e. The SMILES string of the molecule is CCCCc1nc2c(C)cc(C)nc2n1-c1ccc(-c2ccccc2-c2nn[nH]n2)cc1. The van der Waals surface area contributed by atoms with Gasteiger partial charge >= 0.3 is 0 Å². The lowest BCUT2D eigenvalue weighted by Gasteiger charge is -2.11. The summed E-state index contributed by atoms with van der Waals surface area (Å²) in [4.78, 5) is 9.81. The Labute approximate surface area is 186 Å². The summed E-state index contributed by atoms with van der Waals surface area (Å²) < 4.78 is 2.21. The van der Waals surface area contributed by atoms with Crippen molar-refractivity contribution < 1.29 is 0 Å². The first kappa shape index (κ1) is 20.1. The quantitative estimate of drug-likeness (QED) is 0.404. The van der Waals surface area contributed by atoms with Gasteiger partial charge in [-0.25, -0.2) is 9.97 Å². The highest BCUT2D eigenvalue weighted by atomic mass is 15.5. The van der Waals surface area contributed by atoms with Gasteiger partial charge in [-0.1, -0.05) is 49.7 Å². The predicted octanol–water partition coefficient (Wildman–Crippen LogP) is 5.23. The van der Waals surface area contributed by atoms with Crippen molar-refractivity contribution in [3.05, 3.63) is 71.7 Å². The maximum Gasteiger partial charge on any atom is 0.205 e. The number of benzene rings is 2. The van der Waals surface area contributed by atoms with Crippen molar-refractivity contribution in [3.8, 4) is 28.2 Å². The van der Waals surface area contributed by atoms with Crippen molar-refractivity contribution in [2.45, 2.75) is 40.0 Å². The van der Waals surface area contributed by atoms with Gasteiger partial charge in [0.15, 0.2) is 5.65 Å². The third-order valence-corrected chi connectivity index (χ3v) is 5.71. The zero-order valence-corrected chi connectivity index (χ0v) is 18.5. The van der Waals surface area contributed by atoms with E-state index in [-0.39, 0.29) is 0 Å². The summed E-state index contributed by atoms with van der Waals surface area (Å²) in [5.41, 5.74) is 8.23. The second-order valence-corrected chi connectivity index (χ2v) is 8.05. The lowest BCUT2D eigenvalue weighted by atomic mass is 9.99. The van der Waals surface area contributed by atoms with Crippen LogP contribution in [0, 0.1) is 13.8 Å². The number of aromatic nitrogens is 7. The van der Waals surface area contributed by atoms with E-state index in [0.717, 1.165) is 69.9 Å². The van der Waals surface area contributed by atoms with Crippen LogP contribution in [0.25, 0.3) is 39.4 Å². The van der Waals surface area contributed by atoms with Crippen LogP contribution >= 0.6 is 0 Å². The maximum atomic E-state index is 4.97. The summed E-state index contributed by atoms with van der Waals surface area (Å²) in [5, 5.41) is 14.5. The summed E-state index contributed by atoms with van der Waals surface area (Å²) in [6.07, 6.45) is 3.14. The molecule has 0 atom stereocenters. The summed E-state index contributed by atoms with van der Waals surface area (Å²) >= 11 is 0. The normalized spacial score (nSPS) is 11.3. The van der Waals surface area contributed by atoms with Gasteiger partial charge in [-0.3, -0.25) is 4.57 Å². The molecule has 2 aromatic carbocycles. The van der Waals surface area contributed by atoms with Crippen molar-refractivity contribution in [3.63, 3.8) is 0 Å². The van der Waals surface area contributed by atoms with Gasteiger partial charge in [0, 0.05) is 23.4 Å². The number of rotatable bonds is 6. The zero-order valence-electron chi connectivity index (χ0n) is 18.5. The molecule has 0 aliphatic carbocycles. The van der Waals surface area contributed by atoms with Crippen molar-refractivity contribution in [1.29, 1.82) is 0 Å². The number of imidazole rings is 1. The number of pyridine rings is 1. The van der Waals surface area contributed by atoms with Crippen molar-refractivity contribution >= 4 is 11.2 Å². The number of H-pyrrole nitrogens is 1. The van der Waals surface area contributed by atoms with Crippen LogP contribution in [-0.2, 0) is 6.42 Å². The summed E-state index contributed by atoms with van der Waals surface area (Å²) in [6, 6.07) is 18.7. The number of nitrogens with one attached hydrogen (secondary N) is 1. The molecule has 0 radical (unpaired) electrons. The van der Waals surface area contributed by atoms with Crippen LogP contribution in [-0.4, -0.2) is 35.2 Å². The first-order valence-corrected chi connectivity index (χ1v) is 10.9. The third-order valence-electron chi connectivity index (χ3n) is 5.71. The number of aryl methyl sites for hydroxylation is 3. The molecule has 0 aliphatic heterocycles. The number of tetrazole rings is 1. The molecular weight excluding hydrogens is 398 g/mol. The molecule has 0 spiro atoms. The molecular formula is C25H25N7. The second-order valence-electron chi connectivity index (χ2n) is 8.05. The van der Waals surface area contributed by atoms with Gasteiger partial charge in [-0.15, -0.1) is 10.2 Å². The van der Waals surface area contributed by atoms with Gasteiger partial charge < -0.3 is 0 Å². The van der Waals surface area contributed by atoms with E-state index >= 15 is 0 Å². The van der Waals surface area contributed by atoms with Crippen LogP contribution in [0.4, 0.5) is 0 Å². The van der Waals surface area contributed by atoms with E-state index in [1.807, 2.05) is 25.1 Å². The molecule has 3 aromatic heterocycles. The fraction of sp³-hybridized carbons (Fsp3) is 0.240. The van der Waals surface area contributed by atoms with Gasteiger partial charge in [0.2, 0.25) is 5.82 Å². The van der Waals surface area contributed by atoms with Crippen LogP contribution in [0.3, 0.4) is 0 Å². The highest BCUT2D eigenvalue weighted by Gasteiger charge is 2.16. The summed E-state index contributed by atoms with van der Waals surface area (Å²) in [7, 11) is 0. The molecule has 5 rings (SSSR count). The van der Waals surface area contributed by atoms with Gasteiger partial charge in [0.25, 0.3) is 0 Å². The summed E-state index contributed by atoms with van der Waals surface area (Å²) in [5.74, 6) is 1.64. The summed E-state index contributed by atoms with van der Waals surface area (Å²) in [6.45, 7) is 6.35. The molecule has 0 amide bonds. The lowest BCUT2D eigenvalue weighted by Crippen LogP contribution is -2.03. The van der Waals surface area contributed by atoms with Gasteiger partial charge in [-0.05, 0) is 60.4 Å². The van der Waals surface area contributed by atoms with Crippen LogP contribution in [0.2, 0.25) is 0 Å². The smallest absolute Gasteiger partial charge is 0.205 e. The van der Waals surface area contributed by atoms with Gasteiger partial charge in [0.05, 0.1) is 0 Å². The Kier molecular flexibility index (Phi) is 5.23. The Bertz CT molecular complexity index is 1370. The fourth-order valence-electron chi connectivity index (χ4n) is 4.18. The maximum absolute atomic E-state index is 4.97. The largest absolute Gasteiger partial charge is 0.281 e. The number of hydrogen-bond acceptors (Lipinski definition) is 5. The van der Waals surface area contributed by atoms with E-state index in [1.54, 1.807) is 0 Å². The van der Waals surface area contributed by atoms with Gasteiger partial charge in [-0.2, -0.15) is 5.21 Å². The fourth-order valence-corrected chi connectivity index (χ4v) is 4.18. The number of hydrogen-bond donors (Lipinski definition) is 1. The topological polar surface area (TPSA) is 85.2 Å². The predicted molar refractivity (Wildman–Crippen MR) is 126 cm³/mol. The molecule has 0 aliphatic rings. The van der Waals surface area contributed by atoms with E-state index in [4.69, 9.17) is 9.97 Å². The molecule has 0 saturated heterocycles. The number of nitrogens with zero attached hydrogens (tertiary/aromatic N) is 6. The van der Waals surface area contributed by atoms with E-state index in [2.05, 4.69) is 75.4 Å². The Morgan fingerprint density at radius 2 is 1.72 bits per heavy atom. The van der Waals surface area contributed by atoms with Crippen molar-refractivity contribution in [2.75, 3.05) is 0 Å². The van der Waals surface area contributed by atoms with Gasteiger partial charge in [0.1, 0.15) is 11.3 Å². The molecule has 5 aromatic rings. The van der Waals surface area contributed by atoms with E-state index in [0.29, 0.717) is 5.82 Å². The molecule has 0 bridgehead atoms. The Morgan fingerprint density at radius 1 is 0.938 bits per heavy atom. The standard InChI is InChI=1S/C25H25N7/c1-4-5-10-22-27-23-16(2)15-17(3)26-25(23)32(22)19-13-11-18(12-14-19)20-8-6-7-9-21(20)24-28-30-31-29-24/h6-9,11-15H,4-5,10H2,1-3H3,(H,28,29,30,31). The van der Waals surface area contributed by atoms with Crippen LogP contribution in [0.15, 0.2) is 54.6 Å². The molecule has 160 valence electrons. The highest BCUT2D eigenvalue weighted by molar-refractivity contribution is 5.81. The van der Waals surface area contributed by atoms with Crippen LogP contribution < -0.4 is 0 Å². The molecule has 7 nitrogen and oxygen atoms in total. The average Bonchev–Trinajstić information content (AvgIpc) is 3.46. The molecule has 1 N–H and O–H groups in total. The van der Waals surface area contributed by atoms with E-state index in [9.17, 15) is 0 Å². The molecule has 0 fully saturated rings. The first-order valence-electron chi connectivity index (χ1n) is 10.9. The molecule has 7 heteroatoms. The third kappa shape index (κ3) is 3.56. The minimum absolute atomic E-state index is 0.585. The molecule has 0 saturated carbocycles. The lowest BCUT2D eigenvalue weighted by molar-refractivity contribution is 0.742. The molecule has 0 unspecified atom stereocenters. The minimum atomic E-state index is 0.585. The Morgan fingerprint density at radius 3 is 2.44 bits per heavy atom.